The summed E-state index contributed by atoms with van der Waals surface area (Å²) in [6.45, 7) is 3.50. The van der Waals surface area contributed by atoms with Crippen molar-refractivity contribution in [1.82, 2.24) is 0 Å². The van der Waals surface area contributed by atoms with Gasteiger partial charge in [-0.15, -0.1) is 0 Å². The van der Waals surface area contributed by atoms with Crippen LogP contribution in [0.15, 0.2) is 5.11 Å². The fraction of sp³-hybridized carbons (Fsp3) is 1.00. The van der Waals surface area contributed by atoms with E-state index in [4.69, 9.17) is 10.3 Å². The summed E-state index contributed by atoms with van der Waals surface area (Å²) in [6, 6.07) is 0.152. The monoisotopic (exact) mass is 141 g/mol. The van der Waals surface area contributed by atoms with E-state index in [0.717, 1.165) is 19.6 Å². The van der Waals surface area contributed by atoms with Gasteiger partial charge >= 0.3 is 0 Å². The Balaban J connectivity index is 2.47. The van der Waals surface area contributed by atoms with Crippen LogP contribution in [0.4, 0.5) is 0 Å². The van der Waals surface area contributed by atoms with Gasteiger partial charge in [0.15, 0.2) is 0 Å². The van der Waals surface area contributed by atoms with E-state index >= 15 is 0 Å². The highest BCUT2D eigenvalue weighted by Crippen LogP contribution is 2.16. The summed E-state index contributed by atoms with van der Waals surface area (Å²) in [6.07, 6.45) is 0.866. The minimum Gasteiger partial charge on any atom is -0.381 e. The number of rotatable bonds is 1. The fourth-order valence-corrected chi connectivity index (χ4v) is 1.11. The van der Waals surface area contributed by atoms with Crippen LogP contribution in [-0.4, -0.2) is 19.3 Å². The molecule has 10 heavy (non-hydrogen) atoms. The van der Waals surface area contributed by atoms with Crippen molar-refractivity contribution in [2.24, 2.45) is 11.0 Å². The second-order valence-corrected chi connectivity index (χ2v) is 2.61. The van der Waals surface area contributed by atoms with Crippen molar-refractivity contribution < 1.29 is 4.74 Å². The molecule has 0 unspecified atom stereocenters. The van der Waals surface area contributed by atoms with Crippen LogP contribution in [0, 0.1) is 5.92 Å². The Labute approximate surface area is 59.8 Å². The summed E-state index contributed by atoms with van der Waals surface area (Å²) in [5.74, 6) is 0.379. The zero-order valence-electron chi connectivity index (χ0n) is 6.03. The van der Waals surface area contributed by atoms with E-state index in [1.165, 1.54) is 0 Å². The molecule has 1 fully saturated rings. The van der Waals surface area contributed by atoms with Crippen LogP contribution in [-0.2, 0) is 4.74 Å². The van der Waals surface area contributed by atoms with Crippen molar-refractivity contribution in [3.8, 4) is 0 Å². The summed E-state index contributed by atoms with van der Waals surface area (Å²) in [7, 11) is 0. The molecule has 1 aliphatic rings. The Hall–Kier alpha value is -0.730. The van der Waals surface area contributed by atoms with E-state index < -0.39 is 0 Å². The lowest BCUT2D eigenvalue weighted by Gasteiger charge is -2.24. The van der Waals surface area contributed by atoms with Gasteiger partial charge in [-0.25, -0.2) is 0 Å². The van der Waals surface area contributed by atoms with E-state index in [0.29, 0.717) is 5.92 Å². The molecular weight excluding hydrogens is 130 g/mol. The van der Waals surface area contributed by atoms with Crippen LogP contribution in [0.2, 0.25) is 0 Å². The molecule has 0 saturated carbocycles. The third-order valence-corrected chi connectivity index (χ3v) is 1.80. The van der Waals surface area contributed by atoms with E-state index in [9.17, 15) is 0 Å². The standard InChI is InChI=1S/C6H11N3O/c1-5-4-10-3-2-6(5)8-9-7/h5-6H,2-4H2,1H3/t5-,6-/m1/s1. The van der Waals surface area contributed by atoms with Crippen LogP contribution in [0.1, 0.15) is 13.3 Å². The first-order chi connectivity index (χ1) is 4.84. The number of hydrogen-bond donors (Lipinski definition) is 0. The predicted molar refractivity (Wildman–Crippen MR) is 37.5 cm³/mol. The molecule has 56 valence electrons. The van der Waals surface area contributed by atoms with Crippen molar-refractivity contribution in [2.75, 3.05) is 13.2 Å². The number of azide groups is 1. The Kier molecular flexibility index (Phi) is 2.54. The average Bonchev–Trinajstić information content (AvgIpc) is 1.94. The minimum atomic E-state index is 0.152. The van der Waals surface area contributed by atoms with Crippen LogP contribution in [0.3, 0.4) is 0 Å². The molecule has 1 aliphatic heterocycles. The SMILES string of the molecule is C[C@@H]1COCC[C@H]1N=[N+]=[N-]. The van der Waals surface area contributed by atoms with Gasteiger partial charge < -0.3 is 4.74 Å². The Bertz CT molecular complexity index is 153. The molecule has 0 radical (unpaired) electrons. The second kappa shape index (κ2) is 3.44. The average molecular weight is 141 g/mol. The van der Waals surface area contributed by atoms with Gasteiger partial charge in [-0.1, -0.05) is 12.0 Å². The lowest BCUT2D eigenvalue weighted by molar-refractivity contribution is 0.0492. The summed E-state index contributed by atoms with van der Waals surface area (Å²) in [5.41, 5.74) is 8.15. The van der Waals surface area contributed by atoms with E-state index in [2.05, 4.69) is 10.0 Å². The maximum absolute atomic E-state index is 8.15. The number of hydrogen-bond acceptors (Lipinski definition) is 2. The van der Waals surface area contributed by atoms with Gasteiger partial charge in [0, 0.05) is 24.2 Å². The first-order valence-electron chi connectivity index (χ1n) is 3.46. The number of ether oxygens (including phenoxy) is 1. The smallest absolute Gasteiger partial charge is 0.0495 e. The minimum absolute atomic E-state index is 0.152. The Morgan fingerprint density at radius 3 is 3.10 bits per heavy atom. The summed E-state index contributed by atoms with van der Waals surface area (Å²) < 4.78 is 5.17. The third-order valence-electron chi connectivity index (χ3n) is 1.80. The number of nitrogens with zero attached hydrogens (tertiary/aromatic N) is 3. The molecule has 1 heterocycles. The maximum atomic E-state index is 8.15. The summed E-state index contributed by atoms with van der Waals surface area (Å²) in [5, 5.41) is 3.67. The molecule has 0 spiro atoms. The zero-order chi connectivity index (χ0) is 7.40. The molecule has 0 N–H and O–H groups in total. The van der Waals surface area contributed by atoms with Gasteiger partial charge in [-0.2, -0.15) is 0 Å². The highest BCUT2D eigenvalue weighted by atomic mass is 16.5. The molecule has 1 saturated heterocycles. The molecule has 4 heteroatoms. The molecule has 2 atom stereocenters. The van der Waals surface area contributed by atoms with Gasteiger partial charge in [-0.05, 0) is 17.9 Å². The highest BCUT2D eigenvalue weighted by molar-refractivity contribution is 4.76. The molecule has 0 aromatic heterocycles. The lowest BCUT2D eigenvalue weighted by Crippen LogP contribution is -2.27. The molecule has 1 rings (SSSR count). The Morgan fingerprint density at radius 1 is 1.70 bits per heavy atom. The van der Waals surface area contributed by atoms with Crippen molar-refractivity contribution in [1.29, 1.82) is 0 Å². The fourth-order valence-electron chi connectivity index (χ4n) is 1.11. The van der Waals surface area contributed by atoms with Crippen molar-refractivity contribution in [2.45, 2.75) is 19.4 Å². The first-order valence-corrected chi connectivity index (χ1v) is 3.46. The van der Waals surface area contributed by atoms with E-state index in [1.807, 2.05) is 6.92 Å². The first kappa shape index (κ1) is 7.38. The van der Waals surface area contributed by atoms with Crippen LogP contribution in [0.25, 0.3) is 10.4 Å². The second-order valence-electron chi connectivity index (χ2n) is 2.61. The highest BCUT2D eigenvalue weighted by Gasteiger charge is 2.19. The summed E-state index contributed by atoms with van der Waals surface area (Å²) >= 11 is 0. The molecule has 0 aromatic carbocycles. The van der Waals surface area contributed by atoms with Gasteiger partial charge in [-0.3, -0.25) is 0 Å². The van der Waals surface area contributed by atoms with Gasteiger partial charge in [0.1, 0.15) is 0 Å². The van der Waals surface area contributed by atoms with Crippen molar-refractivity contribution in [3.05, 3.63) is 10.4 Å². The molecular formula is C6H11N3O. The Morgan fingerprint density at radius 2 is 2.50 bits per heavy atom. The molecule has 0 bridgehead atoms. The van der Waals surface area contributed by atoms with Crippen molar-refractivity contribution in [3.63, 3.8) is 0 Å². The van der Waals surface area contributed by atoms with Crippen LogP contribution < -0.4 is 0 Å². The quantitative estimate of drug-likeness (QED) is 0.311. The maximum Gasteiger partial charge on any atom is 0.0495 e. The predicted octanol–water partition coefficient (Wildman–Crippen LogP) is 1.72. The van der Waals surface area contributed by atoms with Gasteiger partial charge in [0.2, 0.25) is 0 Å². The lowest BCUT2D eigenvalue weighted by atomic mass is 9.99. The van der Waals surface area contributed by atoms with Crippen molar-refractivity contribution >= 4 is 0 Å². The molecule has 0 aliphatic carbocycles. The molecule has 4 nitrogen and oxygen atoms in total. The largest absolute Gasteiger partial charge is 0.381 e. The van der Waals surface area contributed by atoms with Crippen LogP contribution >= 0.6 is 0 Å². The van der Waals surface area contributed by atoms with E-state index in [1.54, 1.807) is 0 Å². The normalized spacial score (nSPS) is 32.9. The topological polar surface area (TPSA) is 58.0 Å². The summed E-state index contributed by atoms with van der Waals surface area (Å²) in [4.78, 5) is 2.78. The van der Waals surface area contributed by atoms with E-state index in [-0.39, 0.29) is 6.04 Å². The molecule has 0 aromatic rings. The zero-order valence-corrected chi connectivity index (χ0v) is 6.03. The van der Waals surface area contributed by atoms with Gasteiger partial charge in [0.25, 0.3) is 0 Å². The van der Waals surface area contributed by atoms with Crippen LogP contribution in [0.5, 0.6) is 0 Å². The third kappa shape index (κ3) is 1.62. The molecule has 0 amide bonds. The van der Waals surface area contributed by atoms with Gasteiger partial charge in [0.05, 0.1) is 0 Å².